The number of halogens is 2. The fourth-order valence-corrected chi connectivity index (χ4v) is 2.32. The van der Waals surface area contributed by atoms with E-state index in [-0.39, 0.29) is 5.91 Å². The number of nitrogens with one attached hydrogen (secondary N) is 1. The number of benzene rings is 2. The molecule has 5 heteroatoms. The van der Waals surface area contributed by atoms with Crippen molar-refractivity contribution >= 4 is 27.5 Å². The van der Waals surface area contributed by atoms with Crippen LogP contribution in [0.3, 0.4) is 0 Å². The van der Waals surface area contributed by atoms with Crippen LogP contribution >= 0.6 is 15.9 Å². The van der Waals surface area contributed by atoms with Gasteiger partial charge in [0.2, 0.25) is 0 Å². The van der Waals surface area contributed by atoms with Gasteiger partial charge in [-0.15, -0.1) is 0 Å². The molecule has 0 atom stereocenters. The molecule has 0 saturated heterocycles. The summed E-state index contributed by atoms with van der Waals surface area (Å²) >= 11 is 3.18. The molecule has 2 aromatic carbocycles. The van der Waals surface area contributed by atoms with Gasteiger partial charge in [-0.2, -0.15) is 0 Å². The van der Waals surface area contributed by atoms with Crippen LogP contribution in [0.15, 0.2) is 46.9 Å². The molecule has 0 heterocycles. The number of rotatable bonds is 4. The number of amides is 1. The second kappa shape index (κ2) is 6.63. The molecule has 0 aliphatic rings. The minimum atomic E-state index is -0.395. The van der Waals surface area contributed by atoms with Gasteiger partial charge in [0, 0.05) is 22.8 Å². The van der Waals surface area contributed by atoms with Crippen molar-refractivity contribution in [2.75, 3.05) is 12.4 Å². The number of anilines is 1. The molecule has 0 aromatic heterocycles. The Kier molecular flexibility index (Phi) is 4.87. The van der Waals surface area contributed by atoms with E-state index in [0.717, 1.165) is 5.56 Å². The van der Waals surface area contributed by atoms with E-state index in [0.29, 0.717) is 22.3 Å². The summed E-state index contributed by atoms with van der Waals surface area (Å²) in [5.41, 5.74) is 1.93. The van der Waals surface area contributed by atoms with Crippen molar-refractivity contribution in [1.82, 2.24) is 0 Å². The molecule has 20 heavy (non-hydrogen) atoms. The summed E-state index contributed by atoms with van der Waals surface area (Å²) in [6.45, 7) is 0.404. The van der Waals surface area contributed by atoms with Crippen molar-refractivity contribution in [3.63, 3.8) is 0 Å². The smallest absolute Gasteiger partial charge is 0.256 e. The Hall–Kier alpha value is -1.72. The predicted octanol–water partition coefficient (Wildman–Crippen LogP) is 3.99. The molecule has 104 valence electrons. The molecule has 3 nitrogen and oxygen atoms in total. The van der Waals surface area contributed by atoms with Gasteiger partial charge in [-0.25, -0.2) is 4.39 Å². The Balaban J connectivity index is 2.23. The Bertz CT molecular complexity index is 631. The van der Waals surface area contributed by atoms with Gasteiger partial charge in [-0.1, -0.05) is 18.2 Å². The first-order valence-electron chi connectivity index (χ1n) is 5.95. The van der Waals surface area contributed by atoms with Crippen LogP contribution in [0.1, 0.15) is 15.9 Å². The van der Waals surface area contributed by atoms with Crippen LogP contribution in [0.2, 0.25) is 0 Å². The molecule has 0 spiro atoms. The highest BCUT2D eigenvalue weighted by Gasteiger charge is 2.12. The Morgan fingerprint density at radius 3 is 2.75 bits per heavy atom. The van der Waals surface area contributed by atoms with Gasteiger partial charge in [0.05, 0.1) is 12.2 Å². The fourth-order valence-electron chi connectivity index (χ4n) is 1.79. The second-order valence-corrected chi connectivity index (χ2v) is 5.02. The van der Waals surface area contributed by atoms with E-state index >= 15 is 0 Å². The van der Waals surface area contributed by atoms with Gasteiger partial charge < -0.3 is 10.1 Å². The van der Waals surface area contributed by atoms with Gasteiger partial charge in [0.25, 0.3) is 5.91 Å². The van der Waals surface area contributed by atoms with Crippen molar-refractivity contribution in [2.45, 2.75) is 6.61 Å². The van der Waals surface area contributed by atoms with Crippen molar-refractivity contribution in [2.24, 2.45) is 0 Å². The first-order valence-corrected chi connectivity index (χ1v) is 6.74. The molecule has 1 N–H and O–H groups in total. The summed E-state index contributed by atoms with van der Waals surface area (Å²) in [5.74, 6) is -0.700. The SMILES string of the molecule is COCc1ccccc1NC(=O)c1ccc(F)cc1Br. The molecular formula is C15H13BrFNO2. The average Bonchev–Trinajstić information content (AvgIpc) is 2.41. The molecule has 0 bridgehead atoms. The largest absolute Gasteiger partial charge is 0.380 e. The number of ether oxygens (including phenoxy) is 1. The number of hydrogen-bond donors (Lipinski definition) is 1. The molecule has 0 unspecified atom stereocenters. The minimum absolute atomic E-state index is 0.305. The fraction of sp³-hybridized carbons (Fsp3) is 0.133. The van der Waals surface area contributed by atoms with E-state index < -0.39 is 5.82 Å². The monoisotopic (exact) mass is 337 g/mol. The first kappa shape index (κ1) is 14.7. The second-order valence-electron chi connectivity index (χ2n) is 4.17. The molecule has 2 rings (SSSR count). The lowest BCUT2D eigenvalue weighted by Gasteiger charge is -2.11. The van der Waals surface area contributed by atoms with E-state index in [9.17, 15) is 9.18 Å². The Labute approximate surface area is 124 Å². The molecule has 0 aliphatic carbocycles. The molecule has 0 fully saturated rings. The number of carbonyl (C=O) groups is 1. The first-order chi connectivity index (χ1) is 9.61. The molecule has 0 aliphatic heterocycles. The maximum absolute atomic E-state index is 13.0. The molecule has 0 saturated carbocycles. The third kappa shape index (κ3) is 3.43. The number of methoxy groups -OCH3 is 1. The zero-order valence-corrected chi connectivity index (χ0v) is 12.4. The van der Waals surface area contributed by atoms with Crippen molar-refractivity contribution < 1.29 is 13.9 Å². The van der Waals surface area contributed by atoms with Crippen molar-refractivity contribution in [3.05, 3.63) is 63.9 Å². The number of hydrogen-bond acceptors (Lipinski definition) is 2. The van der Waals surface area contributed by atoms with Crippen LogP contribution in [0.4, 0.5) is 10.1 Å². The average molecular weight is 338 g/mol. The standard InChI is InChI=1S/C15H13BrFNO2/c1-20-9-10-4-2-3-5-14(10)18-15(19)12-7-6-11(17)8-13(12)16/h2-8H,9H2,1H3,(H,18,19). The minimum Gasteiger partial charge on any atom is -0.380 e. The number of para-hydroxylation sites is 1. The van der Waals surface area contributed by atoms with Crippen LogP contribution in [-0.2, 0) is 11.3 Å². The van der Waals surface area contributed by atoms with E-state index in [1.807, 2.05) is 18.2 Å². The van der Waals surface area contributed by atoms with Crippen LogP contribution in [0.25, 0.3) is 0 Å². The van der Waals surface area contributed by atoms with Crippen molar-refractivity contribution in [1.29, 1.82) is 0 Å². The maximum Gasteiger partial charge on any atom is 0.256 e. The topological polar surface area (TPSA) is 38.3 Å². The highest BCUT2D eigenvalue weighted by atomic mass is 79.9. The van der Waals surface area contributed by atoms with Crippen LogP contribution in [-0.4, -0.2) is 13.0 Å². The van der Waals surface area contributed by atoms with E-state index in [4.69, 9.17) is 4.74 Å². The summed E-state index contributed by atoms with van der Waals surface area (Å²) < 4.78 is 18.5. The summed E-state index contributed by atoms with van der Waals surface area (Å²) in [7, 11) is 1.59. The van der Waals surface area contributed by atoms with E-state index in [1.165, 1.54) is 18.2 Å². The van der Waals surface area contributed by atoms with E-state index in [1.54, 1.807) is 13.2 Å². The van der Waals surface area contributed by atoms with Gasteiger partial charge in [-0.05, 0) is 40.2 Å². The van der Waals surface area contributed by atoms with Gasteiger partial charge in [0.15, 0.2) is 0 Å². The van der Waals surface area contributed by atoms with Crippen LogP contribution in [0, 0.1) is 5.82 Å². The Morgan fingerprint density at radius 1 is 1.30 bits per heavy atom. The lowest BCUT2D eigenvalue weighted by atomic mass is 10.1. The summed E-state index contributed by atoms with van der Waals surface area (Å²) in [6, 6.07) is 11.3. The molecule has 1 amide bonds. The van der Waals surface area contributed by atoms with E-state index in [2.05, 4.69) is 21.2 Å². The van der Waals surface area contributed by atoms with Gasteiger partial charge >= 0.3 is 0 Å². The normalized spacial score (nSPS) is 10.3. The van der Waals surface area contributed by atoms with Crippen LogP contribution in [0.5, 0.6) is 0 Å². The van der Waals surface area contributed by atoms with Crippen LogP contribution < -0.4 is 5.32 Å². The summed E-state index contributed by atoms with van der Waals surface area (Å²) in [6.07, 6.45) is 0. The van der Waals surface area contributed by atoms with Gasteiger partial charge in [-0.3, -0.25) is 4.79 Å². The summed E-state index contributed by atoms with van der Waals surface area (Å²) in [4.78, 5) is 12.2. The molecular weight excluding hydrogens is 325 g/mol. The maximum atomic E-state index is 13.0. The quantitative estimate of drug-likeness (QED) is 0.916. The highest BCUT2D eigenvalue weighted by molar-refractivity contribution is 9.10. The van der Waals surface area contributed by atoms with Crippen molar-refractivity contribution in [3.8, 4) is 0 Å². The predicted molar refractivity (Wildman–Crippen MR) is 79.2 cm³/mol. The number of carbonyl (C=O) groups excluding carboxylic acids is 1. The molecule has 0 radical (unpaired) electrons. The lowest BCUT2D eigenvalue weighted by molar-refractivity contribution is 0.102. The zero-order valence-electron chi connectivity index (χ0n) is 10.8. The zero-order chi connectivity index (χ0) is 14.5. The lowest BCUT2D eigenvalue weighted by Crippen LogP contribution is -2.14. The third-order valence-electron chi connectivity index (χ3n) is 2.74. The Morgan fingerprint density at radius 2 is 2.05 bits per heavy atom. The highest BCUT2D eigenvalue weighted by Crippen LogP contribution is 2.21. The summed E-state index contributed by atoms with van der Waals surface area (Å²) in [5, 5.41) is 2.80. The van der Waals surface area contributed by atoms with Gasteiger partial charge in [0.1, 0.15) is 5.82 Å². The third-order valence-corrected chi connectivity index (χ3v) is 3.40. The molecule has 2 aromatic rings.